The SMILES string of the molecule is CCOC1CCC(C(C)(C)C)CC1=NO. The van der Waals surface area contributed by atoms with Gasteiger partial charge in [0.25, 0.3) is 0 Å². The summed E-state index contributed by atoms with van der Waals surface area (Å²) < 4.78 is 5.56. The molecular weight excluding hydrogens is 190 g/mol. The Labute approximate surface area is 92.5 Å². The molecule has 0 saturated heterocycles. The molecule has 1 N–H and O–H groups in total. The van der Waals surface area contributed by atoms with E-state index in [9.17, 15) is 0 Å². The van der Waals surface area contributed by atoms with E-state index in [0.29, 0.717) is 12.5 Å². The van der Waals surface area contributed by atoms with Crippen LogP contribution >= 0.6 is 0 Å². The molecule has 2 atom stereocenters. The molecule has 0 aromatic heterocycles. The van der Waals surface area contributed by atoms with Gasteiger partial charge in [0.1, 0.15) is 0 Å². The molecule has 1 fully saturated rings. The van der Waals surface area contributed by atoms with Crippen molar-refractivity contribution < 1.29 is 9.94 Å². The third-order valence-corrected chi connectivity index (χ3v) is 3.33. The van der Waals surface area contributed by atoms with Gasteiger partial charge in [-0.15, -0.1) is 0 Å². The third-order valence-electron chi connectivity index (χ3n) is 3.33. The van der Waals surface area contributed by atoms with E-state index >= 15 is 0 Å². The van der Waals surface area contributed by atoms with Gasteiger partial charge in [-0.2, -0.15) is 0 Å². The van der Waals surface area contributed by atoms with Crippen molar-refractivity contribution in [2.75, 3.05) is 6.61 Å². The van der Waals surface area contributed by atoms with Crippen LogP contribution < -0.4 is 0 Å². The van der Waals surface area contributed by atoms with Crippen LogP contribution in [0.4, 0.5) is 0 Å². The second-order valence-corrected chi connectivity index (χ2v) is 5.38. The van der Waals surface area contributed by atoms with E-state index in [1.54, 1.807) is 0 Å². The number of ether oxygens (including phenoxy) is 1. The van der Waals surface area contributed by atoms with Gasteiger partial charge < -0.3 is 9.94 Å². The van der Waals surface area contributed by atoms with Crippen molar-refractivity contribution in [3.63, 3.8) is 0 Å². The average Bonchev–Trinajstić information content (AvgIpc) is 2.17. The molecule has 15 heavy (non-hydrogen) atoms. The Morgan fingerprint density at radius 3 is 2.53 bits per heavy atom. The van der Waals surface area contributed by atoms with Crippen LogP contribution in [0.5, 0.6) is 0 Å². The third kappa shape index (κ3) is 3.20. The minimum absolute atomic E-state index is 0.0404. The largest absolute Gasteiger partial charge is 0.411 e. The van der Waals surface area contributed by atoms with Crippen LogP contribution in [0.15, 0.2) is 5.16 Å². The van der Waals surface area contributed by atoms with Crippen molar-refractivity contribution >= 4 is 5.71 Å². The molecule has 88 valence electrons. The van der Waals surface area contributed by atoms with Gasteiger partial charge in [0, 0.05) is 6.61 Å². The fourth-order valence-corrected chi connectivity index (χ4v) is 2.23. The van der Waals surface area contributed by atoms with Gasteiger partial charge in [0.15, 0.2) is 0 Å². The molecule has 0 bridgehead atoms. The van der Waals surface area contributed by atoms with Crippen LogP contribution in [0, 0.1) is 11.3 Å². The highest BCUT2D eigenvalue weighted by atomic mass is 16.5. The second kappa shape index (κ2) is 4.97. The average molecular weight is 213 g/mol. The summed E-state index contributed by atoms with van der Waals surface area (Å²) in [5.41, 5.74) is 1.11. The summed E-state index contributed by atoms with van der Waals surface area (Å²) in [5.74, 6) is 0.597. The van der Waals surface area contributed by atoms with E-state index in [-0.39, 0.29) is 11.5 Å². The Kier molecular flexibility index (Phi) is 4.14. The normalized spacial score (nSPS) is 30.8. The first-order chi connectivity index (χ1) is 6.99. The Bertz CT molecular complexity index is 230. The fourth-order valence-electron chi connectivity index (χ4n) is 2.23. The summed E-state index contributed by atoms with van der Waals surface area (Å²) >= 11 is 0. The lowest BCUT2D eigenvalue weighted by Crippen LogP contribution is -2.36. The van der Waals surface area contributed by atoms with Crippen molar-refractivity contribution in [1.82, 2.24) is 0 Å². The monoisotopic (exact) mass is 213 g/mol. The van der Waals surface area contributed by atoms with E-state index in [1.807, 2.05) is 6.92 Å². The zero-order valence-corrected chi connectivity index (χ0v) is 10.3. The molecule has 0 aromatic rings. The maximum absolute atomic E-state index is 8.98. The highest BCUT2D eigenvalue weighted by molar-refractivity contribution is 5.89. The first-order valence-corrected chi connectivity index (χ1v) is 5.81. The topological polar surface area (TPSA) is 41.8 Å². The highest BCUT2D eigenvalue weighted by Gasteiger charge is 2.34. The van der Waals surface area contributed by atoms with Crippen molar-refractivity contribution in [2.24, 2.45) is 16.5 Å². The molecule has 2 unspecified atom stereocenters. The molecule has 1 saturated carbocycles. The smallest absolute Gasteiger partial charge is 0.0989 e. The van der Waals surface area contributed by atoms with E-state index in [0.717, 1.165) is 25.0 Å². The first kappa shape index (κ1) is 12.5. The molecular formula is C12H23NO2. The Balaban J connectivity index is 2.64. The predicted octanol–water partition coefficient (Wildman–Crippen LogP) is 3.07. The summed E-state index contributed by atoms with van der Waals surface area (Å²) in [6.45, 7) is 9.39. The van der Waals surface area contributed by atoms with Crippen molar-refractivity contribution in [3.05, 3.63) is 0 Å². The van der Waals surface area contributed by atoms with Crippen LogP contribution in [-0.4, -0.2) is 23.6 Å². The zero-order chi connectivity index (χ0) is 11.5. The Hall–Kier alpha value is -0.570. The number of hydrogen-bond donors (Lipinski definition) is 1. The minimum Gasteiger partial charge on any atom is -0.411 e. The maximum Gasteiger partial charge on any atom is 0.0989 e. The Morgan fingerprint density at radius 1 is 1.40 bits per heavy atom. The molecule has 3 heteroatoms. The fraction of sp³-hybridized carbons (Fsp3) is 0.917. The quantitative estimate of drug-likeness (QED) is 0.566. The van der Waals surface area contributed by atoms with Crippen LogP contribution in [0.3, 0.4) is 0 Å². The molecule has 0 amide bonds. The van der Waals surface area contributed by atoms with Gasteiger partial charge in [-0.3, -0.25) is 0 Å². The van der Waals surface area contributed by atoms with Crippen LogP contribution in [0.25, 0.3) is 0 Å². The number of hydrogen-bond acceptors (Lipinski definition) is 3. The molecule has 1 aliphatic rings. The van der Waals surface area contributed by atoms with Gasteiger partial charge in [-0.05, 0) is 37.5 Å². The molecule has 1 rings (SSSR count). The predicted molar refractivity (Wildman–Crippen MR) is 61.4 cm³/mol. The maximum atomic E-state index is 8.98. The molecule has 0 radical (unpaired) electrons. The van der Waals surface area contributed by atoms with E-state index in [2.05, 4.69) is 25.9 Å². The number of rotatable bonds is 2. The summed E-state index contributed by atoms with van der Waals surface area (Å²) in [4.78, 5) is 0. The van der Waals surface area contributed by atoms with Gasteiger partial charge in [-0.1, -0.05) is 25.9 Å². The van der Waals surface area contributed by atoms with E-state index in [1.165, 1.54) is 0 Å². The van der Waals surface area contributed by atoms with Crippen LogP contribution in [0.2, 0.25) is 0 Å². The second-order valence-electron chi connectivity index (χ2n) is 5.38. The molecule has 0 aromatic carbocycles. The van der Waals surface area contributed by atoms with Gasteiger partial charge >= 0.3 is 0 Å². The Morgan fingerprint density at radius 2 is 2.07 bits per heavy atom. The van der Waals surface area contributed by atoms with E-state index < -0.39 is 0 Å². The van der Waals surface area contributed by atoms with Crippen molar-refractivity contribution in [1.29, 1.82) is 0 Å². The molecule has 0 aliphatic heterocycles. The lowest BCUT2D eigenvalue weighted by Gasteiger charge is -2.37. The zero-order valence-electron chi connectivity index (χ0n) is 10.3. The number of oxime groups is 1. The standard InChI is InChI=1S/C12H23NO2/c1-5-15-11-7-6-9(12(2,3)4)8-10(11)13-14/h9,11,14H,5-8H2,1-4H3. The molecule has 0 spiro atoms. The summed E-state index contributed by atoms with van der Waals surface area (Å²) in [7, 11) is 0. The van der Waals surface area contributed by atoms with Crippen LogP contribution in [-0.2, 0) is 4.74 Å². The van der Waals surface area contributed by atoms with Gasteiger partial charge in [0.05, 0.1) is 11.8 Å². The lowest BCUT2D eigenvalue weighted by atomic mass is 9.71. The summed E-state index contributed by atoms with van der Waals surface area (Å²) in [5, 5.41) is 12.4. The number of nitrogens with zero attached hydrogens (tertiary/aromatic N) is 1. The highest BCUT2D eigenvalue weighted by Crippen LogP contribution is 2.37. The minimum atomic E-state index is 0.0404. The summed E-state index contributed by atoms with van der Waals surface area (Å²) in [6.07, 6.45) is 3.05. The molecule has 3 nitrogen and oxygen atoms in total. The van der Waals surface area contributed by atoms with Crippen molar-refractivity contribution in [2.45, 2.75) is 53.1 Å². The van der Waals surface area contributed by atoms with Gasteiger partial charge in [0.2, 0.25) is 0 Å². The van der Waals surface area contributed by atoms with Gasteiger partial charge in [-0.25, -0.2) is 0 Å². The molecule has 1 aliphatic carbocycles. The first-order valence-electron chi connectivity index (χ1n) is 5.81. The lowest BCUT2D eigenvalue weighted by molar-refractivity contribution is 0.0717. The summed E-state index contributed by atoms with van der Waals surface area (Å²) in [6, 6.07) is 0. The molecule has 0 heterocycles. The van der Waals surface area contributed by atoms with Crippen molar-refractivity contribution in [3.8, 4) is 0 Å². The van der Waals surface area contributed by atoms with Crippen LogP contribution in [0.1, 0.15) is 47.0 Å². The van der Waals surface area contributed by atoms with E-state index in [4.69, 9.17) is 9.94 Å².